The van der Waals surface area contributed by atoms with Crippen molar-refractivity contribution in [3.63, 3.8) is 0 Å². The Kier molecular flexibility index (Phi) is 4.67. The van der Waals surface area contributed by atoms with Crippen LogP contribution in [0.3, 0.4) is 0 Å². The molecule has 1 amide bonds. The number of aryl methyl sites for hydroxylation is 1. The molecular weight excluding hydrogens is 341 g/mol. The summed E-state index contributed by atoms with van der Waals surface area (Å²) in [5.41, 5.74) is 1.14. The molecule has 1 N–H and O–H groups in total. The fourth-order valence-electron chi connectivity index (χ4n) is 2.79. The Labute approximate surface area is 148 Å². The van der Waals surface area contributed by atoms with Gasteiger partial charge in [-0.1, -0.05) is 13.0 Å². The van der Waals surface area contributed by atoms with E-state index < -0.39 is 17.3 Å². The van der Waals surface area contributed by atoms with Crippen LogP contribution in [0.1, 0.15) is 40.7 Å². The first kappa shape index (κ1) is 17.3. The second-order valence-electron chi connectivity index (χ2n) is 5.79. The maximum absolute atomic E-state index is 14.8. The number of halogens is 1. The molecule has 0 radical (unpaired) electrons. The third kappa shape index (κ3) is 2.95. The summed E-state index contributed by atoms with van der Waals surface area (Å²) in [5, 5.41) is 2.56. The molecule has 3 aromatic heterocycles. The average molecular weight is 359 g/mol. The van der Waals surface area contributed by atoms with E-state index in [1.807, 2.05) is 25.1 Å². The molecule has 0 aliphatic rings. The monoisotopic (exact) mass is 359 g/mol. The zero-order valence-corrected chi connectivity index (χ0v) is 15.0. The topological polar surface area (TPSA) is 64.0 Å². The number of fused-ring (bicyclic) bond motifs is 1. The van der Waals surface area contributed by atoms with Crippen LogP contribution in [0.2, 0.25) is 0 Å². The summed E-state index contributed by atoms with van der Waals surface area (Å²) in [6.07, 6.45) is 3.39. The summed E-state index contributed by atoms with van der Waals surface area (Å²) in [6.45, 7) is 4.10. The fourth-order valence-corrected chi connectivity index (χ4v) is 3.98. The van der Waals surface area contributed by atoms with Gasteiger partial charge in [-0.25, -0.2) is 4.39 Å². The molecule has 5 nitrogen and oxygen atoms in total. The van der Waals surface area contributed by atoms with Gasteiger partial charge in [-0.15, -0.1) is 11.3 Å². The first-order valence-electron chi connectivity index (χ1n) is 7.96. The van der Waals surface area contributed by atoms with Crippen LogP contribution in [0, 0.1) is 5.82 Å². The molecule has 0 aliphatic heterocycles. The van der Waals surface area contributed by atoms with Gasteiger partial charge in [0.25, 0.3) is 11.5 Å². The quantitative estimate of drug-likeness (QED) is 0.779. The Balaban J connectivity index is 2.26. The molecule has 0 saturated carbocycles. The Morgan fingerprint density at radius 1 is 1.44 bits per heavy atom. The van der Waals surface area contributed by atoms with E-state index in [4.69, 9.17) is 0 Å². The lowest BCUT2D eigenvalue weighted by Gasteiger charge is -2.13. The van der Waals surface area contributed by atoms with Gasteiger partial charge < -0.3 is 9.88 Å². The summed E-state index contributed by atoms with van der Waals surface area (Å²) >= 11 is 1.02. The van der Waals surface area contributed by atoms with Crippen LogP contribution in [-0.2, 0) is 7.05 Å². The molecule has 3 heterocycles. The number of amides is 1. The lowest BCUT2D eigenvalue weighted by molar-refractivity contribution is 0.0956. The van der Waals surface area contributed by atoms with Gasteiger partial charge in [-0.3, -0.25) is 14.6 Å². The molecule has 25 heavy (non-hydrogen) atoms. The van der Waals surface area contributed by atoms with Crippen LogP contribution < -0.4 is 10.9 Å². The number of carbonyl (C=O) groups is 1. The summed E-state index contributed by atoms with van der Waals surface area (Å²) in [4.78, 5) is 28.8. The summed E-state index contributed by atoms with van der Waals surface area (Å²) in [5.74, 6) is -1.39. The average Bonchev–Trinajstić information content (AvgIpc) is 2.96. The largest absolute Gasteiger partial charge is 0.352 e. The molecule has 7 heteroatoms. The maximum Gasteiger partial charge on any atom is 0.264 e. The fraction of sp³-hybridized carbons (Fsp3) is 0.278. The van der Waals surface area contributed by atoms with Crippen molar-refractivity contribution in [3.05, 3.63) is 62.9 Å². The van der Waals surface area contributed by atoms with Crippen molar-refractivity contribution in [2.45, 2.75) is 19.8 Å². The molecule has 0 saturated heterocycles. The smallest absolute Gasteiger partial charge is 0.264 e. The van der Waals surface area contributed by atoms with Crippen LogP contribution in [0.15, 0.2) is 35.4 Å². The molecule has 0 bridgehead atoms. The van der Waals surface area contributed by atoms with Crippen molar-refractivity contribution >= 4 is 27.3 Å². The van der Waals surface area contributed by atoms with E-state index >= 15 is 0 Å². The molecule has 130 valence electrons. The zero-order valence-electron chi connectivity index (χ0n) is 14.2. The van der Waals surface area contributed by atoms with Gasteiger partial charge in [-0.2, -0.15) is 0 Å². The minimum atomic E-state index is -0.748. The lowest BCUT2D eigenvalue weighted by Crippen LogP contribution is -2.23. The third-order valence-electron chi connectivity index (χ3n) is 4.12. The minimum absolute atomic E-state index is 0.0333. The Morgan fingerprint density at radius 3 is 2.84 bits per heavy atom. The van der Waals surface area contributed by atoms with Gasteiger partial charge in [0.2, 0.25) is 0 Å². The first-order valence-corrected chi connectivity index (χ1v) is 8.78. The normalized spacial score (nSPS) is 12.3. The first-order chi connectivity index (χ1) is 12.0. The van der Waals surface area contributed by atoms with Crippen molar-refractivity contribution in [2.24, 2.45) is 7.05 Å². The molecule has 0 spiro atoms. The van der Waals surface area contributed by atoms with Gasteiger partial charge in [-0.05, 0) is 24.6 Å². The SMILES string of the molecule is CCNC(=O)c1sc2c(C(C)c3ccccn3)cn(C)c(=O)c2c1F. The number of nitrogens with zero attached hydrogens (tertiary/aromatic N) is 2. The zero-order chi connectivity index (χ0) is 18.1. The van der Waals surface area contributed by atoms with Crippen molar-refractivity contribution in [2.75, 3.05) is 6.54 Å². The van der Waals surface area contributed by atoms with Crippen molar-refractivity contribution in [1.82, 2.24) is 14.9 Å². The highest BCUT2D eigenvalue weighted by Gasteiger charge is 2.25. The predicted molar refractivity (Wildman–Crippen MR) is 96.8 cm³/mol. The summed E-state index contributed by atoms with van der Waals surface area (Å²) < 4.78 is 16.7. The van der Waals surface area contributed by atoms with E-state index in [0.29, 0.717) is 11.2 Å². The molecule has 1 atom stereocenters. The molecule has 3 rings (SSSR count). The Hall–Kier alpha value is -2.54. The highest BCUT2D eigenvalue weighted by Crippen LogP contribution is 2.35. The van der Waals surface area contributed by atoms with Crippen molar-refractivity contribution < 1.29 is 9.18 Å². The number of thiophene rings is 1. The predicted octanol–water partition coefficient (Wildman–Crippen LogP) is 3.04. The highest BCUT2D eigenvalue weighted by molar-refractivity contribution is 7.21. The van der Waals surface area contributed by atoms with E-state index in [0.717, 1.165) is 22.6 Å². The van der Waals surface area contributed by atoms with Gasteiger partial charge in [0, 0.05) is 42.3 Å². The molecule has 3 aromatic rings. The number of nitrogens with one attached hydrogen (secondary N) is 1. The minimum Gasteiger partial charge on any atom is -0.352 e. The summed E-state index contributed by atoms with van der Waals surface area (Å²) in [7, 11) is 1.58. The standard InChI is InChI=1S/C18H18FN3O2S/c1-4-20-17(23)16-14(19)13-15(25-16)11(9-22(3)18(13)24)10(2)12-7-5-6-8-21-12/h5-10H,4H2,1-3H3,(H,20,23). The van der Waals surface area contributed by atoms with Crippen LogP contribution in [0.4, 0.5) is 4.39 Å². The molecule has 1 unspecified atom stereocenters. The number of pyridine rings is 2. The van der Waals surface area contributed by atoms with Crippen LogP contribution in [0.25, 0.3) is 10.1 Å². The van der Waals surface area contributed by atoms with Gasteiger partial charge >= 0.3 is 0 Å². The van der Waals surface area contributed by atoms with E-state index in [1.165, 1.54) is 4.57 Å². The van der Waals surface area contributed by atoms with Crippen molar-refractivity contribution in [3.8, 4) is 0 Å². The van der Waals surface area contributed by atoms with Gasteiger partial charge in [0.05, 0.1) is 5.39 Å². The maximum atomic E-state index is 14.8. The summed E-state index contributed by atoms with van der Waals surface area (Å²) in [6, 6.07) is 5.59. The molecule has 0 aliphatic carbocycles. The lowest BCUT2D eigenvalue weighted by atomic mass is 9.98. The van der Waals surface area contributed by atoms with Gasteiger partial charge in [0.1, 0.15) is 4.88 Å². The number of aromatic nitrogens is 2. The number of rotatable bonds is 4. The molecular formula is C18H18FN3O2S. The van der Waals surface area contributed by atoms with E-state index in [1.54, 1.807) is 26.4 Å². The van der Waals surface area contributed by atoms with E-state index in [9.17, 15) is 14.0 Å². The second-order valence-corrected chi connectivity index (χ2v) is 6.81. The number of carbonyl (C=O) groups excluding carboxylic acids is 1. The van der Waals surface area contributed by atoms with Crippen LogP contribution in [0.5, 0.6) is 0 Å². The Bertz CT molecular complexity index is 995. The Morgan fingerprint density at radius 2 is 2.20 bits per heavy atom. The molecule has 0 fully saturated rings. The van der Waals surface area contributed by atoms with E-state index in [-0.39, 0.29) is 16.2 Å². The number of hydrogen-bond donors (Lipinski definition) is 1. The molecule has 0 aromatic carbocycles. The van der Waals surface area contributed by atoms with Crippen molar-refractivity contribution in [1.29, 1.82) is 0 Å². The van der Waals surface area contributed by atoms with E-state index in [2.05, 4.69) is 10.3 Å². The third-order valence-corrected chi connectivity index (χ3v) is 5.33. The van der Waals surface area contributed by atoms with Crippen LogP contribution >= 0.6 is 11.3 Å². The van der Waals surface area contributed by atoms with Gasteiger partial charge in [0.15, 0.2) is 5.82 Å². The highest BCUT2D eigenvalue weighted by atomic mass is 32.1. The number of hydrogen-bond acceptors (Lipinski definition) is 4. The second kappa shape index (κ2) is 6.76. The van der Waals surface area contributed by atoms with Crippen LogP contribution in [-0.4, -0.2) is 22.0 Å².